The molecule has 1 atom stereocenters. The molecule has 27 heavy (non-hydrogen) atoms. The van der Waals surface area contributed by atoms with Crippen molar-refractivity contribution < 1.29 is 13.6 Å². The fourth-order valence-electron chi connectivity index (χ4n) is 2.49. The molecule has 0 bridgehead atoms. The highest BCUT2D eigenvalue weighted by Crippen LogP contribution is 2.26. The van der Waals surface area contributed by atoms with Crippen LogP contribution in [0.3, 0.4) is 0 Å². The number of halogens is 2. The molecule has 4 nitrogen and oxygen atoms in total. The second kappa shape index (κ2) is 7.92. The van der Waals surface area contributed by atoms with Gasteiger partial charge in [-0.15, -0.1) is 0 Å². The zero-order valence-electron chi connectivity index (χ0n) is 15.2. The van der Waals surface area contributed by atoms with Crippen molar-refractivity contribution in [2.75, 3.05) is 5.32 Å². The zero-order valence-corrected chi connectivity index (χ0v) is 16.0. The van der Waals surface area contributed by atoms with E-state index in [-0.39, 0.29) is 11.6 Å². The Bertz CT molecular complexity index is 987. The minimum atomic E-state index is -0.808. The van der Waals surface area contributed by atoms with Crippen molar-refractivity contribution in [3.05, 3.63) is 71.6 Å². The van der Waals surface area contributed by atoms with Gasteiger partial charge in [0.25, 0.3) is 0 Å². The summed E-state index contributed by atoms with van der Waals surface area (Å²) in [4.78, 5) is 16.7. The minimum absolute atomic E-state index is 0.0497. The van der Waals surface area contributed by atoms with Gasteiger partial charge in [-0.05, 0) is 56.2 Å². The fraction of sp³-hybridized carbons (Fsp3) is 0.200. The van der Waals surface area contributed by atoms with E-state index in [2.05, 4.69) is 16.4 Å². The number of rotatable bonds is 5. The number of carbonyl (C=O) groups excluding carboxylic acids is 1. The van der Waals surface area contributed by atoms with Crippen molar-refractivity contribution in [3.8, 4) is 5.69 Å². The molecular weight excluding hydrogens is 368 g/mol. The van der Waals surface area contributed by atoms with E-state index in [9.17, 15) is 13.6 Å². The van der Waals surface area contributed by atoms with Gasteiger partial charge in [0.1, 0.15) is 11.6 Å². The average molecular weight is 387 g/mol. The van der Waals surface area contributed by atoms with Crippen LogP contribution in [-0.4, -0.2) is 20.7 Å². The molecule has 0 aliphatic heterocycles. The van der Waals surface area contributed by atoms with Crippen LogP contribution >= 0.6 is 11.8 Å². The smallest absolute Gasteiger partial charge is 0.237 e. The Morgan fingerprint density at radius 3 is 2.63 bits per heavy atom. The molecule has 1 N–H and O–H groups in total. The number of nitrogens with zero attached hydrogens (tertiary/aromatic N) is 2. The molecule has 0 fully saturated rings. The van der Waals surface area contributed by atoms with Crippen molar-refractivity contribution in [2.45, 2.75) is 31.2 Å². The van der Waals surface area contributed by atoms with Gasteiger partial charge in [0.2, 0.25) is 5.91 Å². The molecule has 0 aliphatic carbocycles. The molecule has 1 aromatic heterocycles. The molecule has 2 aromatic carbocycles. The standard InChI is InChI=1S/C20H19F2N3OS/c1-12-4-6-16(10-13(12)2)25-9-8-23-20(25)27-14(3)19(26)24-18-7-5-15(21)11-17(18)22/h4-11,14H,1-3H3,(H,24,26). The molecule has 140 valence electrons. The fourth-order valence-corrected chi connectivity index (χ4v) is 3.37. The van der Waals surface area contributed by atoms with E-state index >= 15 is 0 Å². The largest absolute Gasteiger partial charge is 0.323 e. The Kier molecular flexibility index (Phi) is 5.60. The Balaban J connectivity index is 1.74. The highest BCUT2D eigenvalue weighted by atomic mass is 32.2. The summed E-state index contributed by atoms with van der Waals surface area (Å²) in [6, 6.07) is 9.12. The van der Waals surface area contributed by atoms with Gasteiger partial charge >= 0.3 is 0 Å². The van der Waals surface area contributed by atoms with Crippen LogP contribution in [0.4, 0.5) is 14.5 Å². The topological polar surface area (TPSA) is 46.9 Å². The maximum absolute atomic E-state index is 13.7. The summed E-state index contributed by atoms with van der Waals surface area (Å²) in [7, 11) is 0. The lowest BCUT2D eigenvalue weighted by Gasteiger charge is -2.14. The lowest BCUT2D eigenvalue weighted by atomic mass is 10.1. The third kappa shape index (κ3) is 4.36. The van der Waals surface area contributed by atoms with E-state index in [1.54, 1.807) is 13.1 Å². The van der Waals surface area contributed by atoms with E-state index in [4.69, 9.17) is 0 Å². The van der Waals surface area contributed by atoms with Gasteiger partial charge < -0.3 is 5.32 Å². The number of aromatic nitrogens is 2. The van der Waals surface area contributed by atoms with Gasteiger partial charge in [-0.2, -0.15) is 0 Å². The van der Waals surface area contributed by atoms with Crippen LogP contribution in [0.5, 0.6) is 0 Å². The van der Waals surface area contributed by atoms with Gasteiger partial charge in [0.15, 0.2) is 5.16 Å². The normalized spacial score (nSPS) is 12.0. The number of anilines is 1. The molecule has 0 aliphatic rings. The van der Waals surface area contributed by atoms with Crippen LogP contribution in [0.25, 0.3) is 5.69 Å². The Labute approximate surface area is 160 Å². The highest BCUT2D eigenvalue weighted by molar-refractivity contribution is 8.00. The number of benzene rings is 2. The minimum Gasteiger partial charge on any atom is -0.323 e. The van der Waals surface area contributed by atoms with Gasteiger partial charge in [0.05, 0.1) is 10.9 Å². The molecule has 0 radical (unpaired) electrons. The lowest BCUT2D eigenvalue weighted by molar-refractivity contribution is -0.115. The number of thioether (sulfide) groups is 1. The SMILES string of the molecule is Cc1ccc(-n2ccnc2SC(C)C(=O)Nc2ccc(F)cc2F)cc1C. The number of amides is 1. The Morgan fingerprint density at radius 1 is 1.15 bits per heavy atom. The summed E-state index contributed by atoms with van der Waals surface area (Å²) >= 11 is 1.26. The summed E-state index contributed by atoms with van der Waals surface area (Å²) in [5.41, 5.74) is 3.26. The summed E-state index contributed by atoms with van der Waals surface area (Å²) in [6.07, 6.45) is 3.50. The molecular formula is C20H19F2N3OS. The second-order valence-corrected chi connectivity index (χ2v) is 7.53. The predicted molar refractivity (Wildman–Crippen MR) is 103 cm³/mol. The highest BCUT2D eigenvalue weighted by Gasteiger charge is 2.19. The average Bonchev–Trinajstić information content (AvgIpc) is 3.07. The van der Waals surface area contributed by atoms with Crippen LogP contribution in [-0.2, 0) is 4.79 Å². The van der Waals surface area contributed by atoms with Gasteiger partial charge in [-0.3, -0.25) is 9.36 Å². The van der Waals surface area contributed by atoms with Crippen molar-refractivity contribution in [1.29, 1.82) is 0 Å². The number of imidazole rings is 1. The van der Waals surface area contributed by atoms with Crippen LogP contribution in [0.1, 0.15) is 18.1 Å². The van der Waals surface area contributed by atoms with E-state index < -0.39 is 16.9 Å². The first-order chi connectivity index (χ1) is 12.8. The molecule has 0 spiro atoms. The zero-order chi connectivity index (χ0) is 19.6. The Hall–Kier alpha value is -2.67. The maximum atomic E-state index is 13.7. The number of hydrogen-bond acceptors (Lipinski definition) is 3. The van der Waals surface area contributed by atoms with E-state index in [0.717, 1.165) is 23.4 Å². The first-order valence-corrected chi connectivity index (χ1v) is 9.26. The van der Waals surface area contributed by atoms with Crippen molar-refractivity contribution in [2.24, 2.45) is 0 Å². The first kappa shape index (κ1) is 19.1. The van der Waals surface area contributed by atoms with E-state index in [0.29, 0.717) is 5.16 Å². The molecule has 1 unspecified atom stereocenters. The number of hydrogen-bond donors (Lipinski definition) is 1. The molecule has 1 heterocycles. The predicted octanol–water partition coefficient (Wildman–Crippen LogP) is 4.89. The molecule has 7 heteroatoms. The van der Waals surface area contributed by atoms with Crippen molar-refractivity contribution >= 4 is 23.4 Å². The summed E-state index contributed by atoms with van der Waals surface area (Å²) in [5, 5.41) is 2.61. The quantitative estimate of drug-likeness (QED) is 0.634. The molecule has 0 saturated heterocycles. The molecule has 1 amide bonds. The first-order valence-electron chi connectivity index (χ1n) is 8.38. The van der Waals surface area contributed by atoms with Crippen LogP contribution in [0.2, 0.25) is 0 Å². The molecule has 0 saturated carbocycles. The number of nitrogens with one attached hydrogen (secondary N) is 1. The summed E-state index contributed by atoms with van der Waals surface area (Å²) in [6.45, 7) is 5.79. The van der Waals surface area contributed by atoms with E-state index in [1.807, 2.05) is 36.7 Å². The third-order valence-electron chi connectivity index (χ3n) is 4.22. The summed E-state index contributed by atoms with van der Waals surface area (Å²) < 4.78 is 28.6. The molecule has 3 rings (SSSR count). The van der Waals surface area contributed by atoms with Crippen LogP contribution in [0, 0.1) is 25.5 Å². The van der Waals surface area contributed by atoms with Crippen molar-refractivity contribution in [1.82, 2.24) is 9.55 Å². The Morgan fingerprint density at radius 2 is 1.93 bits per heavy atom. The van der Waals surface area contributed by atoms with E-state index in [1.165, 1.54) is 23.4 Å². The monoisotopic (exact) mass is 387 g/mol. The van der Waals surface area contributed by atoms with Gasteiger partial charge in [-0.25, -0.2) is 13.8 Å². The number of carbonyl (C=O) groups is 1. The second-order valence-electron chi connectivity index (χ2n) is 6.22. The maximum Gasteiger partial charge on any atom is 0.237 e. The molecule has 3 aromatic rings. The number of aryl methyl sites for hydroxylation is 2. The third-order valence-corrected chi connectivity index (χ3v) is 5.30. The summed E-state index contributed by atoms with van der Waals surface area (Å²) in [5.74, 6) is -1.89. The van der Waals surface area contributed by atoms with Crippen LogP contribution in [0.15, 0.2) is 53.9 Å². The van der Waals surface area contributed by atoms with Crippen LogP contribution < -0.4 is 5.32 Å². The van der Waals surface area contributed by atoms with Crippen molar-refractivity contribution in [3.63, 3.8) is 0 Å². The van der Waals surface area contributed by atoms with Gasteiger partial charge in [-0.1, -0.05) is 17.8 Å². The lowest BCUT2D eigenvalue weighted by Crippen LogP contribution is -2.23. The van der Waals surface area contributed by atoms with Gasteiger partial charge in [0, 0.05) is 24.1 Å².